The summed E-state index contributed by atoms with van der Waals surface area (Å²) in [6.45, 7) is 5.17. The molecule has 1 N–H and O–H groups in total. The predicted molar refractivity (Wildman–Crippen MR) is 62.5 cm³/mol. The van der Waals surface area contributed by atoms with Gasteiger partial charge in [-0.2, -0.15) is 0 Å². The maximum Gasteiger partial charge on any atom is 0.269 e. The Balaban J connectivity index is 3.00. The quantitative estimate of drug-likeness (QED) is 0.481. The fourth-order valence-electron chi connectivity index (χ4n) is 1.39. The molecule has 17 heavy (non-hydrogen) atoms. The molecule has 0 aliphatic heterocycles. The van der Waals surface area contributed by atoms with Gasteiger partial charge in [0, 0.05) is 24.1 Å². The highest BCUT2D eigenvalue weighted by atomic mass is 16.6. The van der Waals surface area contributed by atoms with Gasteiger partial charge in [0.2, 0.25) is 0 Å². The van der Waals surface area contributed by atoms with E-state index < -0.39 is 11.0 Å². The van der Waals surface area contributed by atoms with E-state index in [2.05, 4.69) is 6.58 Å². The van der Waals surface area contributed by atoms with Crippen LogP contribution in [0.3, 0.4) is 0 Å². The summed E-state index contributed by atoms with van der Waals surface area (Å²) < 4.78 is 0. The third kappa shape index (κ3) is 2.98. The van der Waals surface area contributed by atoms with Gasteiger partial charge in [-0.05, 0) is 5.56 Å². The first-order valence-electron chi connectivity index (χ1n) is 5.11. The Labute approximate surface area is 98.5 Å². The Morgan fingerprint density at radius 2 is 2.24 bits per heavy atom. The number of nitro groups is 1. The van der Waals surface area contributed by atoms with Crippen LogP contribution in [0.15, 0.2) is 36.4 Å². The molecule has 0 saturated heterocycles. The van der Waals surface area contributed by atoms with E-state index in [1.165, 1.54) is 24.3 Å². The highest BCUT2D eigenvalue weighted by Crippen LogP contribution is 2.24. The van der Waals surface area contributed by atoms with E-state index in [-0.39, 0.29) is 23.5 Å². The third-order valence-electron chi connectivity index (χ3n) is 2.41. The van der Waals surface area contributed by atoms with Crippen molar-refractivity contribution in [3.63, 3.8) is 0 Å². The lowest BCUT2D eigenvalue weighted by Gasteiger charge is -2.12. The van der Waals surface area contributed by atoms with Crippen molar-refractivity contribution in [1.29, 1.82) is 0 Å². The van der Waals surface area contributed by atoms with Crippen molar-refractivity contribution in [2.75, 3.05) is 0 Å². The largest absolute Gasteiger partial charge is 0.384 e. The van der Waals surface area contributed by atoms with Crippen molar-refractivity contribution >= 4 is 11.5 Å². The fraction of sp³-hybridized carbons (Fsp3) is 0.250. The lowest BCUT2D eigenvalue weighted by Crippen LogP contribution is -2.09. The second-order valence-electron chi connectivity index (χ2n) is 3.56. The highest BCUT2D eigenvalue weighted by Gasteiger charge is 2.18. The van der Waals surface area contributed by atoms with E-state index in [0.717, 1.165) is 0 Å². The summed E-state index contributed by atoms with van der Waals surface area (Å²) in [6, 6.07) is 5.53. The summed E-state index contributed by atoms with van der Waals surface area (Å²) in [5, 5.41) is 20.4. The molecule has 1 aromatic rings. The van der Waals surface area contributed by atoms with Crippen LogP contribution in [0.25, 0.3) is 0 Å². The van der Waals surface area contributed by atoms with Gasteiger partial charge in [0.25, 0.3) is 5.69 Å². The van der Waals surface area contributed by atoms with Gasteiger partial charge >= 0.3 is 0 Å². The molecule has 0 heterocycles. The first kappa shape index (κ1) is 13.1. The van der Waals surface area contributed by atoms with E-state index in [9.17, 15) is 20.0 Å². The average Bonchev–Trinajstić information content (AvgIpc) is 2.36. The maximum absolute atomic E-state index is 11.4. The molecule has 1 aromatic carbocycles. The number of hydrogen-bond donors (Lipinski definition) is 1. The number of benzene rings is 1. The van der Waals surface area contributed by atoms with Crippen LogP contribution in [0.5, 0.6) is 0 Å². The Bertz CT molecular complexity index is 467. The third-order valence-corrected chi connectivity index (χ3v) is 2.41. The summed E-state index contributed by atoms with van der Waals surface area (Å²) in [6.07, 6.45) is -0.951. The number of Topliss-reactive ketones (excluding diaryl/α,β-unsaturated/α-hetero) is 1. The number of rotatable bonds is 5. The number of carbonyl (C=O) groups excluding carboxylic acids is 1. The van der Waals surface area contributed by atoms with E-state index in [0.29, 0.717) is 5.56 Å². The number of nitro benzene ring substituents is 1. The Kier molecular flexibility index (Phi) is 4.12. The number of aliphatic hydroxyl groups is 1. The number of carbonyl (C=O) groups is 1. The maximum atomic E-state index is 11.4. The molecule has 0 spiro atoms. The van der Waals surface area contributed by atoms with Gasteiger partial charge in [0.15, 0.2) is 5.78 Å². The highest BCUT2D eigenvalue weighted by molar-refractivity contribution is 5.95. The summed E-state index contributed by atoms with van der Waals surface area (Å²) in [5.41, 5.74) is 0.220. The monoisotopic (exact) mass is 235 g/mol. The van der Waals surface area contributed by atoms with Gasteiger partial charge in [0.05, 0.1) is 4.92 Å². The van der Waals surface area contributed by atoms with Gasteiger partial charge in [-0.3, -0.25) is 14.9 Å². The first-order valence-corrected chi connectivity index (χ1v) is 5.11. The van der Waals surface area contributed by atoms with E-state index >= 15 is 0 Å². The minimum absolute atomic E-state index is 0.0491. The van der Waals surface area contributed by atoms with Crippen molar-refractivity contribution in [3.05, 3.63) is 52.1 Å². The van der Waals surface area contributed by atoms with Gasteiger partial charge in [-0.25, -0.2) is 0 Å². The number of nitrogens with zero attached hydrogens (tertiary/aromatic N) is 1. The van der Waals surface area contributed by atoms with Gasteiger partial charge in [-0.15, -0.1) is 0 Å². The molecule has 0 fully saturated rings. The molecule has 1 rings (SSSR count). The van der Waals surface area contributed by atoms with Crippen molar-refractivity contribution in [1.82, 2.24) is 0 Å². The summed E-state index contributed by atoms with van der Waals surface area (Å²) >= 11 is 0. The molecular formula is C12H13NO4. The Morgan fingerprint density at radius 1 is 1.59 bits per heavy atom. The molecule has 0 aromatic heterocycles. The summed E-state index contributed by atoms with van der Waals surface area (Å²) in [7, 11) is 0. The Morgan fingerprint density at radius 3 is 2.76 bits per heavy atom. The van der Waals surface area contributed by atoms with E-state index in [1.807, 2.05) is 0 Å². The minimum Gasteiger partial charge on any atom is -0.384 e. The zero-order valence-electron chi connectivity index (χ0n) is 9.42. The summed E-state index contributed by atoms with van der Waals surface area (Å²) in [4.78, 5) is 21.4. The van der Waals surface area contributed by atoms with Crippen LogP contribution in [0, 0.1) is 10.1 Å². The Hall–Kier alpha value is -2.01. The van der Waals surface area contributed by atoms with Crippen molar-refractivity contribution in [2.24, 2.45) is 0 Å². The molecule has 0 bridgehead atoms. The predicted octanol–water partition coefficient (Wildman–Crippen LogP) is 2.16. The first-order chi connectivity index (χ1) is 7.97. The molecule has 0 unspecified atom stereocenters. The molecule has 0 radical (unpaired) electrons. The number of aliphatic hydroxyl groups excluding tert-OH is 1. The topological polar surface area (TPSA) is 80.4 Å². The second kappa shape index (κ2) is 5.36. The van der Waals surface area contributed by atoms with E-state index in [4.69, 9.17) is 0 Å². The molecule has 0 saturated carbocycles. The number of ketones is 1. The van der Waals surface area contributed by atoms with Crippen molar-refractivity contribution < 1.29 is 14.8 Å². The molecule has 0 amide bonds. The molecule has 0 aliphatic rings. The SMILES string of the molecule is C=C(C(=O)CC)[C@H](O)c1cccc([N+](=O)[O-])c1. The minimum atomic E-state index is -1.19. The van der Waals surface area contributed by atoms with Gasteiger partial charge in [-0.1, -0.05) is 25.6 Å². The number of hydrogen-bond acceptors (Lipinski definition) is 4. The zero-order valence-corrected chi connectivity index (χ0v) is 9.42. The smallest absolute Gasteiger partial charge is 0.269 e. The van der Waals surface area contributed by atoms with Crippen LogP contribution in [0.4, 0.5) is 5.69 Å². The van der Waals surface area contributed by atoms with Crippen molar-refractivity contribution in [3.8, 4) is 0 Å². The lowest BCUT2D eigenvalue weighted by molar-refractivity contribution is -0.385. The lowest BCUT2D eigenvalue weighted by atomic mass is 9.98. The zero-order chi connectivity index (χ0) is 13.0. The normalized spacial score (nSPS) is 11.9. The summed E-state index contributed by atoms with van der Waals surface area (Å²) in [5.74, 6) is -0.260. The number of non-ortho nitro benzene ring substituents is 1. The van der Waals surface area contributed by atoms with E-state index in [1.54, 1.807) is 6.92 Å². The van der Waals surface area contributed by atoms with Crippen LogP contribution < -0.4 is 0 Å². The van der Waals surface area contributed by atoms with Crippen LogP contribution in [0.2, 0.25) is 0 Å². The standard InChI is InChI=1S/C12H13NO4/c1-3-11(14)8(2)12(15)9-5-4-6-10(7-9)13(16)17/h4-7,12,15H,2-3H2,1H3/t12-/m0/s1. The molecular weight excluding hydrogens is 222 g/mol. The van der Waals surface area contributed by atoms with Gasteiger partial charge < -0.3 is 5.11 Å². The van der Waals surface area contributed by atoms with Crippen LogP contribution in [-0.4, -0.2) is 15.8 Å². The fourth-order valence-corrected chi connectivity index (χ4v) is 1.39. The van der Waals surface area contributed by atoms with Crippen LogP contribution >= 0.6 is 0 Å². The molecule has 0 aliphatic carbocycles. The second-order valence-corrected chi connectivity index (χ2v) is 3.56. The van der Waals surface area contributed by atoms with Gasteiger partial charge in [0.1, 0.15) is 6.10 Å². The molecule has 90 valence electrons. The van der Waals surface area contributed by atoms with Crippen LogP contribution in [0.1, 0.15) is 25.0 Å². The molecule has 5 nitrogen and oxygen atoms in total. The molecule has 1 atom stereocenters. The van der Waals surface area contributed by atoms with Crippen LogP contribution in [-0.2, 0) is 4.79 Å². The average molecular weight is 235 g/mol. The molecule has 5 heteroatoms. The van der Waals surface area contributed by atoms with Crippen molar-refractivity contribution in [2.45, 2.75) is 19.4 Å².